The Kier molecular flexibility index (Phi) is 4.45. The second-order valence-electron chi connectivity index (χ2n) is 5.06. The summed E-state index contributed by atoms with van der Waals surface area (Å²) in [6.07, 6.45) is 5.25. The molecule has 1 saturated carbocycles. The van der Waals surface area contributed by atoms with Crippen molar-refractivity contribution in [3.63, 3.8) is 0 Å². The molecule has 0 bridgehead atoms. The minimum absolute atomic E-state index is 0.0546. The Balaban J connectivity index is 2.36. The summed E-state index contributed by atoms with van der Waals surface area (Å²) in [7, 11) is -3.68. The van der Waals surface area contributed by atoms with Gasteiger partial charge in [-0.3, -0.25) is 0 Å². The molecule has 0 atom stereocenters. The summed E-state index contributed by atoms with van der Waals surface area (Å²) in [5, 5.41) is 8.99. The van der Waals surface area contributed by atoms with E-state index in [2.05, 4.69) is 4.98 Å². The van der Waals surface area contributed by atoms with E-state index in [4.69, 9.17) is 5.26 Å². The van der Waals surface area contributed by atoms with Crippen LogP contribution in [0.4, 0.5) is 0 Å². The molecule has 7 heteroatoms. The van der Waals surface area contributed by atoms with Crippen LogP contribution in [0.3, 0.4) is 0 Å². The van der Waals surface area contributed by atoms with Gasteiger partial charge in [-0.15, -0.1) is 0 Å². The van der Waals surface area contributed by atoms with E-state index in [1.807, 2.05) is 13.0 Å². The quantitative estimate of drug-likeness (QED) is 0.774. The molecule has 0 spiro atoms. The molecular formula is C13H20N4O2S. The highest BCUT2D eigenvalue weighted by molar-refractivity contribution is 7.89. The van der Waals surface area contributed by atoms with Crippen molar-refractivity contribution in [3.05, 3.63) is 12.0 Å². The molecule has 6 nitrogen and oxygen atoms in total. The molecule has 1 aliphatic rings. The maximum absolute atomic E-state index is 12.7. The first-order valence-corrected chi connectivity index (χ1v) is 8.37. The molecular weight excluding hydrogens is 276 g/mol. The zero-order chi connectivity index (χ0) is 14.8. The molecule has 0 radical (unpaired) electrons. The summed E-state index contributed by atoms with van der Waals surface area (Å²) in [5.74, 6) is 0.675. The van der Waals surface area contributed by atoms with Crippen molar-refractivity contribution in [3.8, 4) is 6.07 Å². The fourth-order valence-electron chi connectivity index (χ4n) is 2.72. The Morgan fingerprint density at radius 2 is 2.15 bits per heavy atom. The van der Waals surface area contributed by atoms with E-state index in [0.29, 0.717) is 12.4 Å². The fraction of sp³-hybridized carbons (Fsp3) is 0.692. The first-order valence-electron chi connectivity index (χ1n) is 6.93. The average molecular weight is 296 g/mol. The van der Waals surface area contributed by atoms with Gasteiger partial charge in [0.15, 0.2) is 5.03 Å². The van der Waals surface area contributed by atoms with Crippen LogP contribution in [0, 0.1) is 18.3 Å². The summed E-state index contributed by atoms with van der Waals surface area (Å²) in [4.78, 5) is 4.15. The van der Waals surface area contributed by atoms with E-state index < -0.39 is 10.0 Å². The molecule has 0 N–H and O–H groups in total. The highest BCUT2D eigenvalue weighted by Crippen LogP contribution is 2.28. The maximum Gasteiger partial charge on any atom is 0.263 e. The zero-order valence-corrected chi connectivity index (χ0v) is 12.7. The minimum atomic E-state index is -3.68. The average Bonchev–Trinajstić information content (AvgIpc) is 3.04. The molecule has 0 aromatic carbocycles. The van der Waals surface area contributed by atoms with Crippen LogP contribution in [-0.4, -0.2) is 34.9 Å². The normalized spacial score (nSPS) is 16.7. The van der Waals surface area contributed by atoms with Crippen molar-refractivity contribution in [2.75, 3.05) is 6.54 Å². The fourth-order valence-corrected chi connectivity index (χ4v) is 4.30. The van der Waals surface area contributed by atoms with Crippen LogP contribution in [0.15, 0.2) is 11.2 Å². The Morgan fingerprint density at radius 1 is 1.50 bits per heavy atom. The van der Waals surface area contributed by atoms with Gasteiger partial charge >= 0.3 is 0 Å². The van der Waals surface area contributed by atoms with Gasteiger partial charge in [0, 0.05) is 18.8 Å². The molecule has 1 aromatic heterocycles. The predicted molar refractivity (Wildman–Crippen MR) is 74.4 cm³/mol. The predicted octanol–water partition coefficient (Wildman–Crippen LogP) is 1.67. The number of nitriles is 1. The van der Waals surface area contributed by atoms with Gasteiger partial charge in [-0.25, -0.2) is 13.4 Å². The third-order valence-corrected chi connectivity index (χ3v) is 5.60. The highest BCUT2D eigenvalue weighted by atomic mass is 32.2. The Morgan fingerprint density at radius 3 is 2.65 bits per heavy atom. The number of imidazole rings is 1. The Bertz CT molecular complexity index is 609. The molecule has 110 valence electrons. The van der Waals surface area contributed by atoms with Gasteiger partial charge in [0.05, 0.1) is 6.07 Å². The van der Waals surface area contributed by atoms with Gasteiger partial charge in [0.25, 0.3) is 10.0 Å². The monoisotopic (exact) mass is 296 g/mol. The van der Waals surface area contributed by atoms with Crippen molar-refractivity contribution in [1.29, 1.82) is 5.26 Å². The summed E-state index contributed by atoms with van der Waals surface area (Å²) in [6, 6.07) is 1.90. The summed E-state index contributed by atoms with van der Waals surface area (Å²) >= 11 is 0. The van der Waals surface area contributed by atoms with Crippen LogP contribution in [-0.2, 0) is 16.6 Å². The molecule has 1 fully saturated rings. The van der Waals surface area contributed by atoms with Crippen molar-refractivity contribution >= 4 is 10.0 Å². The molecule has 20 heavy (non-hydrogen) atoms. The third kappa shape index (κ3) is 2.72. The number of hydrogen-bond donors (Lipinski definition) is 0. The van der Waals surface area contributed by atoms with Crippen LogP contribution >= 0.6 is 0 Å². The number of aryl methyl sites for hydroxylation is 2. The highest BCUT2D eigenvalue weighted by Gasteiger charge is 2.34. The Labute approximate surface area is 120 Å². The number of hydrogen-bond acceptors (Lipinski definition) is 4. The second kappa shape index (κ2) is 5.94. The first kappa shape index (κ1) is 15.0. The van der Waals surface area contributed by atoms with E-state index in [-0.39, 0.29) is 17.6 Å². The summed E-state index contributed by atoms with van der Waals surface area (Å²) < 4.78 is 28.5. The second-order valence-corrected chi connectivity index (χ2v) is 6.90. The number of aromatic nitrogens is 2. The third-order valence-electron chi connectivity index (χ3n) is 3.83. The lowest BCUT2D eigenvalue weighted by Crippen LogP contribution is -2.39. The molecule has 1 aliphatic carbocycles. The number of rotatable bonds is 5. The van der Waals surface area contributed by atoms with Crippen LogP contribution < -0.4 is 0 Å². The molecule has 1 aromatic rings. The van der Waals surface area contributed by atoms with Crippen molar-refractivity contribution in [1.82, 2.24) is 13.9 Å². The van der Waals surface area contributed by atoms with Gasteiger partial charge in [-0.1, -0.05) is 12.8 Å². The lowest BCUT2D eigenvalue weighted by molar-refractivity contribution is 0.349. The van der Waals surface area contributed by atoms with E-state index in [9.17, 15) is 8.42 Å². The SMILES string of the molecule is CCn1cc(S(=O)(=O)N(CC#N)C2CCCC2)nc1C. The van der Waals surface area contributed by atoms with Gasteiger partial charge < -0.3 is 4.57 Å². The molecule has 0 unspecified atom stereocenters. The van der Waals surface area contributed by atoms with Gasteiger partial charge in [0.1, 0.15) is 12.4 Å². The molecule has 2 rings (SSSR count). The molecule has 0 amide bonds. The van der Waals surface area contributed by atoms with Crippen LogP contribution in [0.1, 0.15) is 38.4 Å². The van der Waals surface area contributed by atoms with Gasteiger partial charge in [0.2, 0.25) is 0 Å². The number of nitrogens with zero attached hydrogens (tertiary/aromatic N) is 4. The zero-order valence-electron chi connectivity index (χ0n) is 11.9. The Hall–Kier alpha value is -1.39. The van der Waals surface area contributed by atoms with Crippen LogP contribution in [0.2, 0.25) is 0 Å². The molecule has 0 aliphatic heterocycles. The molecule has 0 saturated heterocycles. The van der Waals surface area contributed by atoms with Crippen molar-refractivity contribution in [2.24, 2.45) is 0 Å². The van der Waals surface area contributed by atoms with Crippen molar-refractivity contribution < 1.29 is 8.42 Å². The lowest BCUT2D eigenvalue weighted by atomic mass is 10.2. The largest absolute Gasteiger partial charge is 0.334 e. The minimum Gasteiger partial charge on any atom is -0.334 e. The standard InChI is InChI=1S/C13H20N4O2S/c1-3-16-10-13(15-11(16)2)20(18,19)17(9-8-14)12-6-4-5-7-12/h10,12H,3-7,9H2,1-2H3. The topological polar surface area (TPSA) is 79.0 Å². The first-order chi connectivity index (χ1) is 9.50. The number of sulfonamides is 1. The van der Waals surface area contributed by atoms with Gasteiger partial charge in [-0.05, 0) is 26.7 Å². The van der Waals surface area contributed by atoms with E-state index in [0.717, 1.165) is 25.7 Å². The lowest BCUT2D eigenvalue weighted by Gasteiger charge is -2.24. The van der Waals surface area contributed by atoms with Crippen LogP contribution in [0.25, 0.3) is 0 Å². The smallest absolute Gasteiger partial charge is 0.263 e. The summed E-state index contributed by atoms with van der Waals surface area (Å²) in [6.45, 7) is 4.29. The van der Waals surface area contributed by atoms with E-state index >= 15 is 0 Å². The van der Waals surface area contributed by atoms with E-state index in [1.54, 1.807) is 17.7 Å². The molecule has 1 heterocycles. The summed E-state index contributed by atoms with van der Waals surface area (Å²) in [5.41, 5.74) is 0. The van der Waals surface area contributed by atoms with Gasteiger partial charge in [-0.2, -0.15) is 9.57 Å². The van der Waals surface area contributed by atoms with Crippen LogP contribution in [0.5, 0.6) is 0 Å². The maximum atomic E-state index is 12.7. The van der Waals surface area contributed by atoms with Crippen molar-refractivity contribution in [2.45, 2.75) is 57.1 Å². The van der Waals surface area contributed by atoms with E-state index in [1.165, 1.54) is 4.31 Å².